The highest BCUT2D eigenvalue weighted by atomic mass is 127. The largest absolute Gasteiger partial charge is 0.378 e. The van der Waals surface area contributed by atoms with Crippen molar-refractivity contribution in [3.05, 3.63) is 73.4 Å². The minimum atomic E-state index is -0.986. The van der Waals surface area contributed by atoms with Gasteiger partial charge in [-0.05, 0) is 120 Å². The van der Waals surface area contributed by atoms with Crippen molar-refractivity contribution in [1.82, 2.24) is 4.57 Å². The van der Waals surface area contributed by atoms with Crippen molar-refractivity contribution >= 4 is 67.0 Å². The summed E-state index contributed by atoms with van der Waals surface area (Å²) in [6.07, 6.45) is 0. The molecule has 0 aliphatic heterocycles. The Morgan fingerprint density at radius 2 is 1.33 bits per heavy atom. The van der Waals surface area contributed by atoms with Gasteiger partial charge < -0.3 is 9.67 Å². The van der Waals surface area contributed by atoms with Gasteiger partial charge in [0.2, 0.25) is 0 Å². The summed E-state index contributed by atoms with van der Waals surface area (Å²) < 4.78 is 4.76. The fourth-order valence-electron chi connectivity index (χ4n) is 3.16. The van der Waals surface area contributed by atoms with E-state index in [1.54, 1.807) is 13.8 Å². The molecule has 2 nitrogen and oxygen atoms in total. The van der Waals surface area contributed by atoms with Crippen LogP contribution in [0.2, 0.25) is 0 Å². The third kappa shape index (κ3) is 3.86. The first kappa shape index (κ1) is 18.8. The lowest BCUT2D eigenvalue weighted by atomic mass is 10.1. The second-order valence-electron chi connectivity index (χ2n) is 7.01. The van der Waals surface area contributed by atoms with Gasteiger partial charge in [0.25, 0.3) is 0 Å². The average Bonchev–Trinajstić information content (AvgIpc) is 2.93. The molecule has 3 aromatic carbocycles. The lowest BCUT2D eigenvalue weighted by Gasteiger charge is -2.08. The molecule has 27 heavy (non-hydrogen) atoms. The Morgan fingerprint density at radius 3 is 1.81 bits per heavy atom. The van der Waals surface area contributed by atoms with Crippen molar-refractivity contribution in [3.8, 4) is 17.5 Å². The molecule has 4 aromatic rings. The van der Waals surface area contributed by atoms with Gasteiger partial charge in [-0.3, -0.25) is 0 Å². The molecule has 1 aromatic heterocycles. The number of fused-ring (bicyclic) bond motifs is 3. The fraction of sp³-hybridized carbons (Fsp3) is 0.130. The van der Waals surface area contributed by atoms with Crippen LogP contribution in [0.3, 0.4) is 0 Å². The highest BCUT2D eigenvalue weighted by molar-refractivity contribution is 14.1. The van der Waals surface area contributed by atoms with Crippen LogP contribution in [0.1, 0.15) is 19.4 Å². The van der Waals surface area contributed by atoms with Crippen molar-refractivity contribution < 1.29 is 5.11 Å². The minimum Gasteiger partial charge on any atom is -0.378 e. The molecular formula is C23H17I2NO. The normalized spacial score (nSPS) is 11.6. The van der Waals surface area contributed by atoms with Crippen LogP contribution in [-0.4, -0.2) is 15.3 Å². The quantitative estimate of drug-likeness (QED) is 0.214. The second kappa shape index (κ2) is 7.12. The molecule has 0 spiro atoms. The molecule has 4 rings (SSSR count). The minimum absolute atomic E-state index is 0.894. The Balaban J connectivity index is 1.91. The van der Waals surface area contributed by atoms with Crippen LogP contribution in [0.5, 0.6) is 0 Å². The van der Waals surface area contributed by atoms with E-state index in [2.05, 4.69) is 110 Å². The van der Waals surface area contributed by atoms with Crippen LogP contribution >= 0.6 is 45.2 Å². The van der Waals surface area contributed by atoms with Crippen LogP contribution in [0.4, 0.5) is 0 Å². The van der Waals surface area contributed by atoms with E-state index in [0.717, 1.165) is 11.3 Å². The van der Waals surface area contributed by atoms with Crippen molar-refractivity contribution in [2.75, 3.05) is 0 Å². The molecule has 0 unspecified atom stereocenters. The first-order chi connectivity index (χ1) is 12.8. The molecule has 0 saturated heterocycles. The summed E-state index contributed by atoms with van der Waals surface area (Å²) in [5.74, 6) is 5.90. The Hall–Kier alpha value is -1.56. The number of hydrogen-bond donors (Lipinski definition) is 1. The lowest BCUT2D eigenvalue weighted by molar-refractivity contribution is 0.143. The highest BCUT2D eigenvalue weighted by Gasteiger charge is 2.13. The number of aliphatic hydroxyl groups is 1. The number of hydrogen-bond acceptors (Lipinski definition) is 1. The van der Waals surface area contributed by atoms with Crippen molar-refractivity contribution in [2.24, 2.45) is 0 Å². The summed E-state index contributed by atoms with van der Waals surface area (Å²) >= 11 is 4.73. The Morgan fingerprint density at radius 1 is 0.815 bits per heavy atom. The van der Waals surface area contributed by atoms with Crippen LogP contribution in [-0.2, 0) is 0 Å². The average molecular weight is 577 g/mol. The van der Waals surface area contributed by atoms with E-state index >= 15 is 0 Å². The third-order valence-corrected chi connectivity index (χ3v) is 5.67. The monoisotopic (exact) mass is 577 g/mol. The molecule has 0 aliphatic rings. The van der Waals surface area contributed by atoms with Crippen LogP contribution in [0, 0.1) is 19.0 Å². The maximum Gasteiger partial charge on any atom is 0.120 e. The van der Waals surface area contributed by atoms with Crippen LogP contribution in [0.25, 0.3) is 27.5 Å². The van der Waals surface area contributed by atoms with E-state index in [0.29, 0.717) is 0 Å². The van der Waals surface area contributed by atoms with E-state index in [9.17, 15) is 5.11 Å². The van der Waals surface area contributed by atoms with Crippen molar-refractivity contribution in [2.45, 2.75) is 19.4 Å². The summed E-state index contributed by atoms with van der Waals surface area (Å²) in [6.45, 7) is 3.38. The molecule has 0 amide bonds. The van der Waals surface area contributed by atoms with E-state index in [1.807, 2.05) is 12.1 Å². The highest BCUT2D eigenvalue weighted by Crippen LogP contribution is 2.33. The smallest absolute Gasteiger partial charge is 0.120 e. The summed E-state index contributed by atoms with van der Waals surface area (Å²) in [7, 11) is 0. The molecule has 4 heteroatoms. The van der Waals surface area contributed by atoms with Gasteiger partial charge in [0, 0.05) is 29.2 Å². The second-order valence-corrected chi connectivity index (χ2v) is 9.51. The molecular weight excluding hydrogens is 560 g/mol. The maximum absolute atomic E-state index is 9.79. The number of halogens is 2. The summed E-state index contributed by atoms with van der Waals surface area (Å²) in [6, 6.07) is 21.3. The predicted octanol–water partition coefficient (Wildman–Crippen LogP) is 6.12. The zero-order valence-electron chi connectivity index (χ0n) is 14.9. The van der Waals surface area contributed by atoms with E-state index in [-0.39, 0.29) is 0 Å². The maximum atomic E-state index is 9.79. The van der Waals surface area contributed by atoms with Crippen LogP contribution < -0.4 is 0 Å². The van der Waals surface area contributed by atoms with Gasteiger partial charge in [-0.15, -0.1) is 0 Å². The van der Waals surface area contributed by atoms with Gasteiger partial charge >= 0.3 is 0 Å². The molecule has 0 saturated carbocycles. The third-order valence-electron chi connectivity index (χ3n) is 4.33. The first-order valence-electron chi connectivity index (χ1n) is 8.57. The fourth-order valence-corrected chi connectivity index (χ4v) is 4.15. The molecule has 0 radical (unpaired) electrons. The Bertz CT molecular complexity index is 1160. The van der Waals surface area contributed by atoms with Crippen molar-refractivity contribution in [3.63, 3.8) is 0 Å². The Labute approximate surface area is 185 Å². The van der Waals surface area contributed by atoms with E-state index in [4.69, 9.17) is 0 Å². The van der Waals surface area contributed by atoms with E-state index in [1.165, 1.54) is 28.9 Å². The van der Waals surface area contributed by atoms with Crippen LogP contribution in [0.15, 0.2) is 60.7 Å². The molecule has 0 fully saturated rings. The topological polar surface area (TPSA) is 25.2 Å². The van der Waals surface area contributed by atoms with Gasteiger partial charge in [0.05, 0.1) is 11.0 Å². The molecule has 0 atom stereocenters. The zero-order valence-corrected chi connectivity index (χ0v) is 19.2. The molecule has 134 valence electrons. The summed E-state index contributed by atoms with van der Waals surface area (Å²) in [5.41, 5.74) is 3.40. The van der Waals surface area contributed by atoms with Gasteiger partial charge in [-0.2, -0.15) is 0 Å². The molecule has 1 N–H and O–H groups in total. The Kier molecular flexibility index (Phi) is 4.95. The van der Waals surface area contributed by atoms with E-state index < -0.39 is 5.60 Å². The number of benzene rings is 3. The van der Waals surface area contributed by atoms with Gasteiger partial charge in [0.1, 0.15) is 5.60 Å². The summed E-state index contributed by atoms with van der Waals surface area (Å²) in [4.78, 5) is 0. The summed E-state index contributed by atoms with van der Waals surface area (Å²) in [5, 5.41) is 12.3. The standard InChI is InChI=1S/C23H17I2NO/c1-23(2,27)12-11-15-3-7-18(8-4-15)26-21-9-5-16(24)13-19(21)20-14-17(25)6-10-22(20)26/h3-10,13-14,27H,1-2H3. The molecule has 0 bridgehead atoms. The SMILES string of the molecule is CC(C)(O)C#Cc1ccc(-n2c3ccc(I)cc3c3cc(I)ccc32)cc1. The zero-order chi connectivity index (χ0) is 19.2. The predicted molar refractivity (Wildman–Crippen MR) is 129 cm³/mol. The van der Waals surface area contributed by atoms with Gasteiger partial charge in [0.15, 0.2) is 0 Å². The number of nitrogens with zero attached hydrogens (tertiary/aromatic N) is 1. The molecule has 1 heterocycles. The van der Waals surface area contributed by atoms with Crippen molar-refractivity contribution in [1.29, 1.82) is 0 Å². The molecule has 0 aliphatic carbocycles. The first-order valence-corrected chi connectivity index (χ1v) is 10.7. The lowest BCUT2D eigenvalue weighted by Crippen LogP contribution is -2.14. The van der Waals surface area contributed by atoms with Gasteiger partial charge in [-0.25, -0.2) is 0 Å². The van der Waals surface area contributed by atoms with Gasteiger partial charge in [-0.1, -0.05) is 11.8 Å². The number of rotatable bonds is 1. The number of aromatic nitrogens is 1.